The molecule has 86 valence electrons. The van der Waals surface area contributed by atoms with Crippen molar-refractivity contribution in [3.63, 3.8) is 0 Å². The van der Waals surface area contributed by atoms with Gasteiger partial charge in [0.1, 0.15) is 0 Å². The van der Waals surface area contributed by atoms with Crippen molar-refractivity contribution < 1.29 is 4.79 Å². The highest BCUT2D eigenvalue weighted by Crippen LogP contribution is 2.21. The first-order chi connectivity index (χ1) is 7.66. The molecule has 0 fully saturated rings. The number of rotatable bonds is 2. The molecule has 0 spiro atoms. The average molecular weight is 218 g/mol. The van der Waals surface area contributed by atoms with Gasteiger partial charge in [-0.2, -0.15) is 0 Å². The summed E-state index contributed by atoms with van der Waals surface area (Å²) in [6.45, 7) is 4.65. The van der Waals surface area contributed by atoms with E-state index in [2.05, 4.69) is 22.8 Å². The molecule has 2 N–H and O–H groups in total. The molecule has 1 aliphatic rings. The molecule has 1 atom stereocenters. The molecule has 0 aliphatic carbocycles. The van der Waals surface area contributed by atoms with Crippen molar-refractivity contribution in [3.05, 3.63) is 29.8 Å². The maximum Gasteiger partial charge on any atom is 0.222 e. The van der Waals surface area contributed by atoms with Crippen LogP contribution in [0.2, 0.25) is 0 Å². The molecule has 1 heterocycles. The number of benzene rings is 1. The van der Waals surface area contributed by atoms with E-state index < -0.39 is 0 Å². The summed E-state index contributed by atoms with van der Waals surface area (Å²) in [5.74, 6) is 0.184. The topological polar surface area (TPSA) is 41.1 Å². The summed E-state index contributed by atoms with van der Waals surface area (Å²) in [4.78, 5) is 11.6. The van der Waals surface area contributed by atoms with Gasteiger partial charge in [0.15, 0.2) is 0 Å². The third-order valence-corrected chi connectivity index (χ3v) is 2.89. The van der Waals surface area contributed by atoms with Crippen molar-refractivity contribution in [3.8, 4) is 0 Å². The van der Waals surface area contributed by atoms with Crippen molar-refractivity contribution in [1.29, 1.82) is 0 Å². The fourth-order valence-corrected chi connectivity index (χ4v) is 1.91. The summed E-state index contributed by atoms with van der Waals surface area (Å²) >= 11 is 0. The molecule has 0 saturated carbocycles. The summed E-state index contributed by atoms with van der Waals surface area (Å²) in [5, 5.41) is 6.40. The summed E-state index contributed by atoms with van der Waals surface area (Å²) in [5.41, 5.74) is 2.47. The Balaban J connectivity index is 2.00. The monoisotopic (exact) mass is 218 g/mol. The Bertz CT molecular complexity index is 387. The van der Waals surface area contributed by atoms with E-state index in [0.717, 1.165) is 13.0 Å². The number of carbonyl (C=O) groups excluding carboxylic acids is 1. The van der Waals surface area contributed by atoms with E-state index >= 15 is 0 Å². The number of para-hydroxylation sites is 1. The van der Waals surface area contributed by atoms with Crippen LogP contribution in [0, 0.1) is 5.92 Å². The Morgan fingerprint density at radius 3 is 2.94 bits per heavy atom. The van der Waals surface area contributed by atoms with Gasteiger partial charge in [0, 0.05) is 18.2 Å². The molecule has 1 unspecified atom stereocenters. The molecular weight excluding hydrogens is 200 g/mol. The minimum atomic E-state index is 0.0529. The van der Waals surface area contributed by atoms with E-state index in [1.54, 1.807) is 0 Å². The van der Waals surface area contributed by atoms with Crippen LogP contribution in [0.15, 0.2) is 24.3 Å². The van der Waals surface area contributed by atoms with E-state index in [1.165, 1.54) is 11.3 Å². The average Bonchev–Trinajstić information content (AvgIpc) is 2.28. The van der Waals surface area contributed by atoms with Crippen LogP contribution in [0.4, 0.5) is 5.69 Å². The maximum absolute atomic E-state index is 11.6. The molecule has 1 amide bonds. The highest BCUT2D eigenvalue weighted by atomic mass is 16.1. The second-order valence-electron chi connectivity index (χ2n) is 4.60. The lowest BCUT2D eigenvalue weighted by Gasteiger charge is -2.27. The van der Waals surface area contributed by atoms with Gasteiger partial charge in [-0.25, -0.2) is 0 Å². The minimum absolute atomic E-state index is 0.0529. The van der Waals surface area contributed by atoms with E-state index in [1.807, 2.05) is 26.0 Å². The van der Waals surface area contributed by atoms with Gasteiger partial charge in [-0.05, 0) is 18.1 Å². The van der Waals surface area contributed by atoms with Crippen LogP contribution in [0.1, 0.15) is 19.4 Å². The predicted octanol–water partition coefficient (Wildman–Crippen LogP) is 1.80. The van der Waals surface area contributed by atoms with E-state index in [-0.39, 0.29) is 17.9 Å². The lowest BCUT2D eigenvalue weighted by Crippen LogP contribution is -2.45. The first-order valence-electron chi connectivity index (χ1n) is 5.79. The Labute approximate surface area is 96.2 Å². The molecule has 1 aliphatic heterocycles. The first-order valence-corrected chi connectivity index (χ1v) is 5.79. The second-order valence-corrected chi connectivity index (χ2v) is 4.60. The number of hydrogen-bond donors (Lipinski definition) is 2. The van der Waals surface area contributed by atoms with Gasteiger partial charge in [-0.3, -0.25) is 4.79 Å². The van der Waals surface area contributed by atoms with Gasteiger partial charge in [0.25, 0.3) is 0 Å². The highest BCUT2D eigenvalue weighted by molar-refractivity contribution is 5.78. The fourth-order valence-electron chi connectivity index (χ4n) is 1.91. The minimum Gasteiger partial charge on any atom is -0.383 e. The maximum atomic E-state index is 11.6. The summed E-state index contributed by atoms with van der Waals surface area (Å²) in [7, 11) is 0. The SMILES string of the molecule is CC(C)C(=O)NC1CNc2ccccc2C1. The molecular formula is C13H18N2O. The lowest BCUT2D eigenvalue weighted by atomic mass is 9.99. The molecule has 0 saturated heterocycles. The van der Waals surface area contributed by atoms with E-state index in [0.29, 0.717) is 0 Å². The van der Waals surface area contributed by atoms with Crippen molar-refractivity contribution >= 4 is 11.6 Å². The quantitative estimate of drug-likeness (QED) is 0.794. The normalized spacial score (nSPS) is 18.8. The zero-order valence-electron chi connectivity index (χ0n) is 9.79. The third-order valence-electron chi connectivity index (χ3n) is 2.89. The predicted molar refractivity (Wildman–Crippen MR) is 65.4 cm³/mol. The van der Waals surface area contributed by atoms with Crippen LogP contribution in [-0.4, -0.2) is 18.5 Å². The summed E-state index contributed by atoms with van der Waals surface area (Å²) in [6.07, 6.45) is 0.918. The van der Waals surface area contributed by atoms with Crippen LogP contribution in [0.25, 0.3) is 0 Å². The molecule has 3 nitrogen and oxygen atoms in total. The highest BCUT2D eigenvalue weighted by Gasteiger charge is 2.20. The second kappa shape index (κ2) is 4.56. The van der Waals surface area contributed by atoms with Crippen molar-refractivity contribution in [1.82, 2.24) is 5.32 Å². The number of amides is 1. The van der Waals surface area contributed by atoms with Crippen LogP contribution in [0.3, 0.4) is 0 Å². The number of hydrogen-bond acceptors (Lipinski definition) is 2. The van der Waals surface area contributed by atoms with Crippen LogP contribution < -0.4 is 10.6 Å². The molecule has 0 radical (unpaired) electrons. The lowest BCUT2D eigenvalue weighted by molar-refractivity contribution is -0.124. The van der Waals surface area contributed by atoms with Gasteiger partial charge < -0.3 is 10.6 Å². The van der Waals surface area contributed by atoms with Crippen molar-refractivity contribution in [2.75, 3.05) is 11.9 Å². The molecule has 16 heavy (non-hydrogen) atoms. The van der Waals surface area contributed by atoms with Gasteiger partial charge in [0.2, 0.25) is 5.91 Å². The van der Waals surface area contributed by atoms with Crippen molar-refractivity contribution in [2.24, 2.45) is 5.92 Å². The first kappa shape index (κ1) is 11.0. The zero-order valence-corrected chi connectivity index (χ0v) is 9.79. The Hall–Kier alpha value is -1.51. The molecule has 3 heteroatoms. The Morgan fingerprint density at radius 2 is 2.19 bits per heavy atom. The van der Waals surface area contributed by atoms with Crippen LogP contribution >= 0.6 is 0 Å². The van der Waals surface area contributed by atoms with E-state index in [9.17, 15) is 4.79 Å². The Kier molecular flexibility index (Phi) is 3.13. The number of fused-ring (bicyclic) bond motifs is 1. The fraction of sp³-hybridized carbons (Fsp3) is 0.462. The molecule has 0 bridgehead atoms. The third kappa shape index (κ3) is 2.35. The van der Waals surface area contributed by atoms with Gasteiger partial charge in [-0.15, -0.1) is 0 Å². The largest absolute Gasteiger partial charge is 0.383 e. The van der Waals surface area contributed by atoms with Gasteiger partial charge in [0.05, 0.1) is 6.04 Å². The Morgan fingerprint density at radius 1 is 1.44 bits per heavy atom. The molecule has 2 rings (SSSR count). The van der Waals surface area contributed by atoms with Gasteiger partial charge >= 0.3 is 0 Å². The standard InChI is InChI=1S/C13H18N2O/c1-9(2)13(16)15-11-7-10-5-3-4-6-12(10)14-8-11/h3-6,9,11,14H,7-8H2,1-2H3,(H,15,16). The molecule has 1 aromatic carbocycles. The number of carbonyl (C=O) groups is 1. The smallest absolute Gasteiger partial charge is 0.222 e. The van der Waals surface area contributed by atoms with E-state index in [4.69, 9.17) is 0 Å². The zero-order chi connectivity index (χ0) is 11.5. The van der Waals surface area contributed by atoms with Crippen LogP contribution in [0.5, 0.6) is 0 Å². The van der Waals surface area contributed by atoms with Crippen LogP contribution in [-0.2, 0) is 11.2 Å². The molecule has 1 aromatic rings. The molecule has 0 aromatic heterocycles. The van der Waals surface area contributed by atoms with Crippen molar-refractivity contribution in [2.45, 2.75) is 26.3 Å². The number of anilines is 1. The number of nitrogens with one attached hydrogen (secondary N) is 2. The summed E-state index contributed by atoms with van der Waals surface area (Å²) in [6, 6.07) is 8.46. The summed E-state index contributed by atoms with van der Waals surface area (Å²) < 4.78 is 0. The van der Waals surface area contributed by atoms with Gasteiger partial charge in [-0.1, -0.05) is 32.0 Å².